The van der Waals surface area contributed by atoms with Gasteiger partial charge in [0.2, 0.25) is 0 Å². The van der Waals surface area contributed by atoms with Gasteiger partial charge in [-0.05, 0) is 66.5 Å². The molecule has 0 atom stereocenters. The highest BCUT2D eigenvalue weighted by Gasteiger charge is 2.39. The van der Waals surface area contributed by atoms with Crippen molar-refractivity contribution in [3.05, 3.63) is 24.3 Å². The molecule has 1 aromatic carbocycles. The van der Waals surface area contributed by atoms with E-state index in [2.05, 4.69) is 81.0 Å². The third-order valence-corrected chi connectivity index (χ3v) is 21.6. The Balaban J connectivity index is 3.82. The Kier molecular flexibility index (Phi) is 11.8. The van der Waals surface area contributed by atoms with Crippen molar-refractivity contribution in [3.8, 4) is 17.2 Å². The molecule has 0 amide bonds. The maximum Gasteiger partial charge on any atom is 0.250 e. The first-order chi connectivity index (χ1) is 15.3. The molecule has 0 aliphatic heterocycles. The number of benzene rings is 1. The summed E-state index contributed by atoms with van der Waals surface area (Å²) in [5.41, 5.74) is 1.03. The first-order valence-corrected chi connectivity index (χ1v) is 20.7. The van der Waals surface area contributed by atoms with Gasteiger partial charge in [-0.25, -0.2) is 0 Å². The SMILES string of the molecule is C=Cc1ccc(O[Si](CC)(CC)CC)c(O[Si](CC)(CC)CC)c1O[Si](CC)(CC)CC. The zero-order chi connectivity index (χ0) is 24.4. The predicted molar refractivity (Wildman–Crippen MR) is 150 cm³/mol. The normalized spacial score (nSPS) is 12.5. The van der Waals surface area contributed by atoms with Crippen molar-refractivity contribution < 1.29 is 13.3 Å². The third-order valence-electron chi connectivity index (χ3n) is 8.09. The Hall–Kier alpha value is -0.989. The highest BCUT2D eigenvalue weighted by atomic mass is 28.4. The molecule has 0 aromatic heterocycles. The van der Waals surface area contributed by atoms with Gasteiger partial charge in [-0.3, -0.25) is 0 Å². The number of hydrogen-bond donors (Lipinski definition) is 0. The van der Waals surface area contributed by atoms with Gasteiger partial charge in [0.25, 0.3) is 25.0 Å². The summed E-state index contributed by atoms with van der Waals surface area (Å²) < 4.78 is 21.1. The van der Waals surface area contributed by atoms with E-state index in [0.717, 1.165) is 77.2 Å². The topological polar surface area (TPSA) is 27.7 Å². The zero-order valence-corrected chi connectivity index (χ0v) is 25.5. The van der Waals surface area contributed by atoms with Gasteiger partial charge in [-0.15, -0.1) is 0 Å². The van der Waals surface area contributed by atoms with Gasteiger partial charge in [-0.2, -0.15) is 0 Å². The van der Waals surface area contributed by atoms with E-state index in [4.69, 9.17) is 13.3 Å². The van der Waals surface area contributed by atoms with Gasteiger partial charge in [0.05, 0.1) is 0 Å². The van der Waals surface area contributed by atoms with Gasteiger partial charge in [0.15, 0.2) is 11.5 Å². The van der Waals surface area contributed by atoms with Crippen LogP contribution in [0.5, 0.6) is 17.2 Å². The van der Waals surface area contributed by atoms with Crippen LogP contribution in [0, 0.1) is 0 Å². The quantitative estimate of drug-likeness (QED) is 0.214. The third kappa shape index (κ3) is 6.32. The van der Waals surface area contributed by atoms with E-state index in [1.54, 1.807) is 0 Å². The van der Waals surface area contributed by atoms with Crippen LogP contribution in [-0.2, 0) is 0 Å². The van der Waals surface area contributed by atoms with Crippen molar-refractivity contribution in [2.45, 2.75) is 117 Å². The number of rotatable bonds is 16. The molecule has 0 aliphatic rings. The van der Waals surface area contributed by atoms with Crippen LogP contribution in [0.3, 0.4) is 0 Å². The molecule has 0 N–H and O–H groups in total. The minimum atomic E-state index is -1.93. The van der Waals surface area contributed by atoms with Crippen molar-refractivity contribution in [3.63, 3.8) is 0 Å². The van der Waals surface area contributed by atoms with Crippen molar-refractivity contribution in [2.75, 3.05) is 0 Å². The molecule has 184 valence electrons. The van der Waals surface area contributed by atoms with Crippen molar-refractivity contribution in [1.82, 2.24) is 0 Å². The summed E-state index contributed by atoms with van der Waals surface area (Å²) in [5.74, 6) is 2.67. The van der Waals surface area contributed by atoms with Gasteiger partial charge >= 0.3 is 0 Å². The lowest BCUT2D eigenvalue weighted by Crippen LogP contribution is -2.43. The molecular weight excluding hydrogens is 445 g/mol. The summed E-state index contributed by atoms with van der Waals surface area (Å²) in [6.07, 6.45) is 1.92. The summed E-state index contributed by atoms with van der Waals surface area (Å²) in [4.78, 5) is 0. The molecule has 0 spiro atoms. The second-order valence-electron chi connectivity index (χ2n) is 9.05. The lowest BCUT2D eigenvalue weighted by atomic mass is 10.2. The summed E-state index contributed by atoms with van der Waals surface area (Å²) >= 11 is 0. The molecule has 0 aliphatic carbocycles. The predicted octanol–water partition coefficient (Wildman–Crippen LogP) is 9.48. The van der Waals surface area contributed by atoms with Crippen LogP contribution in [0.1, 0.15) is 67.9 Å². The Morgan fingerprint density at radius 2 is 0.906 bits per heavy atom. The van der Waals surface area contributed by atoms with E-state index in [9.17, 15) is 0 Å². The molecule has 6 heteroatoms. The molecule has 32 heavy (non-hydrogen) atoms. The van der Waals surface area contributed by atoms with Crippen LogP contribution in [0.15, 0.2) is 18.7 Å². The van der Waals surface area contributed by atoms with Gasteiger partial charge in [0.1, 0.15) is 5.75 Å². The molecule has 3 nitrogen and oxygen atoms in total. The van der Waals surface area contributed by atoms with Crippen LogP contribution < -0.4 is 13.3 Å². The Morgan fingerprint density at radius 1 is 0.562 bits per heavy atom. The fourth-order valence-electron chi connectivity index (χ4n) is 4.57. The molecular formula is C26H50O3Si3. The fraction of sp³-hybridized carbons (Fsp3) is 0.692. The van der Waals surface area contributed by atoms with Crippen LogP contribution in [0.2, 0.25) is 54.4 Å². The molecule has 0 radical (unpaired) electrons. The van der Waals surface area contributed by atoms with E-state index < -0.39 is 25.0 Å². The van der Waals surface area contributed by atoms with Gasteiger partial charge in [0, 0.05) is 5.56 Å². The largest absolute Gasteiger partial charge is 0.541 e. The molecule has 0 fully saturated rings. The van der Waals surface area contributed by atoms with E-state index in [1.165, 1.54) is 0 Å². The summed E-state index contributed by atoms with van der Waals surface area (Å²) in [6.45, 7) is 24.6. The molecule has 1 rings (SSSR count). The molecule has 0 unspecified atom stereocenters. The van der Waals surface area contributed by atoms with E-state index >= 15 is 0 Å². The molecule has 1 aromatic rings. The maximum absolute atomic E-state index is 7.10. The van der Waals surface area contributed by atoms with Crippen LogP contribution in [-0.4, -0.2) is 25.0 Å². The summed E-state index contributed by atoms with van der Waals surface area (Å²) in [6, 6.07) is 14.1. The van der Waals surface area contributed by atoms with Crippen LogP contribution >= 0.6 is 0 Å². The highest BCUT2D eigenvalue weighted by Crippen LogP contribution is 2.47. The minimum absolute atomic E-state index is 0.874. The van der Waals surface area contributed by atoms with E-state index in [-0.39, 0.29) is 0 Å². The summed E-state index contributed by atoms with van der Waals surface area (Å²) in [7, 11) is -5.70. The Labute approximate surface area is 202 Å². The highest BCUT2D eigenvalue weighted by molar-refractivity contribution is 6.75. The standard InChI is InChI=1S/C26H50O3Si3/c1-11-23-21-22-24(27-30(12-2,13-3)14-4)26(29-32(18-8,19-9)20-10)25(23)28-31(15-5,16-6)17-7/h11,21-22H,1,12-20H2,2-10H3. The molecule has 0 heterocycles. The smallest absolute Gasteiger partial charge is 0.250 e. The monoisotopic (exact) mass is 494 g/mol. The lowest BCUT2D eigenvalue weighted by Gasteiger charge is -2.37. The van der Waals surface area contributed by atoms with Crippen LogP contribution in [0.25, 0.3) is 6.08 Å². The van der Waals surface area contributed by atoms with E-state index in [1.807, 2.05) is 6.08 Å². The zero-order valence-electron chi connectivity index (χ0n) is 22.5. The fourth-order valence-corrected chi connectivity index (χ4v) is 12.3. The van der Waals surface area contributed by atoms with Crippen molar-refractivity contribution >= 4 is 31.0 Å². The summed E-state index contributed by atoms with van der Waals surface area (Å²) in [5, 5.41) is 0. The first-order valence-electron chi connectivity index (χ1n) is 13.1. The number of hydrogen-bond acceptors (Lipinski definition) is 3. The van der Waals surface area contributed by atoms with Crippen molar-refractivity contribution in [1.29, 1.82) is 0 Å². The average Bonchev–Trinajstić information content (AvgIpc) is 2.85. The Bertz CT molecular complexity index is 684. The van der Waals surface area contributed by atoms with Gasteiger partial charge in [-0.1, -0.05) is 75.0 Å². The van der Waals surface area contributed by atoms with E-state index in [0.29, 0.717) is 0 Å². The average molecular weight is 495 g/mol. The van der Waals surface area contributed by atoms with Gasteiger partial charge < -0.3 is 13.3 Å². The molecule has 0 saturated heterocycles. The molecule has 0 bridgehead atoms. The molecule has 0 saturated carbocycles. The van der Waals surface area contributed by atoms with Crippen LogP contribution in [0.4, 0.5) is 0 Å². The lowest BCUT2D eigenvalue weighted by molar-refractivity contribution is 0.435. The van der Waals surface area contributed by atoms with Crippen molar-refractivity contribution in [2.24, 2.45) is 0 Å². The second-order valence-corrected chi connectivity index (χ2v) is 23.1. The maximum atomic E-state index is 7.10. The second kappa shape index (κ2) is 13.0. The minimum Gasteiger partial charge on any atom is -0.541 e. The Morgan fingerprint density at radius 3 is 1.25 bits per heavy atom. The first kappa shape index (κ1) is 29.0.